The molecule has 242 valence electrons. The van der Waals surface area contributed by atoms with Gasteiger partial charge in [-0.25, -0.2) is 13.8 Å². The highest BCUT2D eigenvalue weighted by Crippen LogP contribution is 2.46. The Kier molecular flexibility index (Phi) is 6.78. The lowest BCUT2D eigenvalue weighted by Crippen LogP contribution is -2.58. The summed E-state index contributed by atoms with van der Waals surface area (Å²) in [5.41, 5.74) is 2.64. The van der Waals surface area contributed by atoms with Gasteiger partial charge in [0, 0.05) is 36.1 Å². The molecule has 4 aliphatic heterocycles. The highest BCUT2D eigenvalue weighted by molar-refractivity contribution is 7.22. The summed E-state index contributed by atoms with van der Waals surface area (Å²) in [7, 11) is 0. The number of fused-ring (bicyclic) bond motifs is 3. The first-order chi connectivity index (χ1) is 22.0. The second kappa shape index (κ2) is 10.6. The molecule has 1 unspecified atom stereocenters. The number of ether oxygens (including phenoxy) is 1. The van der Waals surface area contributed by atoms with Crippen molar-refractivity contribution in [2.45, 2.75) is 49.5 Å². The number of thiazole rings is 1. The fourth-order valence-electron chi connectivity index (χ4n) is 7.12. The quantitative estimate of drug-likeness (QED) is 0.195. The Labute approximate surface area is 263 Å². The largest absolute Gasteiger partial charge is 0.461 e. The highest BCUT2D eigenvalue weighted by Gasteiger charge is 2.45. The molecule has 4 aromatic rings. The third-order valence-electron chi connectivity index (χ3n) is 9.52. The molecule has 1 atom stereocenters. The molecule has 4 aliphatic rings. The monoisotopic (exact) mass is 660 g/mol. The number of likely N-dealkylation sites (tertiary alicyclic amines) is 1. The molecule has 0 bridgehead atoms. The molecule has 46 heavy (non-hydrogen) atoms. The molecular formula is C30H29F5N8O2S. The first-order valence-corrected chi connectivity index (χ1v) is 16.0. The standard InChI is InChI=1S/C30H29F5N8O2S/c31-18-4-3-15(23-24(18)46-27(36)39-23)20-17(30(33,34)35)9-16-22(21(20)32)40-28(45-13-29-5-1-7-43(29)8-2-6-29)41-25(16)38-14-11-42(12-14)26(44)19-10-37-19/h3-4,9,14,19,37H,1-2,5-8,10-13H2,(H2,36,39)(H,38,40,41). The number of amides is 1. The van der Waals surface area contributed by atoms with Gasteiger partial charge in [-0.15, -0.1) is 0 Å². The summed E-state index contributed by atoms with van der Waals surface area (Å²) in [6, 6.07) is 2.11. The predicted molar refractivity (Wildman–Crippen MR) is 162 cm³/mol. The number of nitrogens with two attached hydrogens (primary N) is 1. The van der Waals surface area contributed by atoms with E-state index < -0.39 is 34.5 Å². The number of alkyl halides is 3. The molecule has 16 heteroatoms. The van der Waals surface area contributed by atoms with Gasteiger partial charge in [-0.1, -0.05) is 11.3 Å². The van der Waals surface area contributed by atoms with Crippen LogP contribution in [0.4, 0.5) is 32.9 Å². The molecule has 2 aromatic carbocycles. The lowest BCUT2D eigenvalue weighted by molar-refractivity contribution is -0.137. The molecule has 0 aliphatic carbocycles. The molecule has 4 N–H and O–H groups in total. The van der Waals surface area contributed by atoms with Crippen LogP contribution in [0.5, 0.6) is 6.01 Å². The summed E-state index contributed by atoms with van der Waals surface area (Å²) in [6.45, 7) is 3.38. The molecule has 0 saturated carbocycles. The van der Waals surface area contributed by atoms with Crippen LogP contribution >= 0.6 is 11.3 Å². The van der Waals surface area contributed by atoms with Crippen molar-refractivity contribution in [1.29, 1.82) is 0 Å². The SMILES string of the molecule is Nc1nc2c(-c3c(C(F)(F)F)cc4c(NC5CN(C(=O)C6CN6)C5)nc(OCC56CCCN5CCC6)nc4c3F)ccc(F)c2s1. The van der Waals surface area contributed by atoms with Gasteiger partial charge in [-0.3, -0.25) is 9.69 Å². The molecule has 4 saturated heterocycles. The van der Waals surface area contributed by atoms with Crippen molar-refractivity contribution in [3.63, 3.8) is 0 Å². The Morgan fingerprint density at radius 1 is 1.13 bits per heavy atom. The fraction of sp³-hybridized carbons (Fsp3) is 0.467. The van der Waals surface area contributed by atoms with Crippen LogP contribution in [0.25, 0.3) is 32.2 Å². The van der Waals surface area contributed by atoms with Crippen LogP contribution in [0.1, 0.15) is 31.2 Å². The normalized spacial score (nSPS) is 21.2. The van der Waals surface area contributed by atoms with Gasteiger partial charge in [0.05, 0.1) is 33.4 Å². The van der Waals surface area contributed by atoms with Gasteiger partial charge in [0.1, 0.15) is 23.8 Å². The van der Waals surface area contributed by atoms with Gasteiger partial charge < -0.3 is 26.0 Å². The number of anilines is 2. The summed E-state index contributed by atoms with van der Waals surface area (Å²) in [5.74, 6) is -2.09. The van der Waals surface area contributed by atoms with Gasteiger partial charge in [0.25, 0.3) is 0 Å². The second-order valence-corrected chi connectivity index (χ2v) is 13.5. The van der Waals surface area contributed by atoms with Gasteiger partial charge in [-0.05, 0) is 57.0 Å². The van der Waals surface area contributed by atoms with Crippen molar-refractivity contribution < 1.29 is 31.5 Å². The van der Waals surface area contributed by atoms with E-state index in [1.165, 1.54) is 0 Å². The van der Waals surface area contributed by atoms with Crippen molar-refractivity contribution in [3.8, 4) is 17.1 Å². The van der Waals surface area contributed by atoms with Crippen LogP contribution in [0, 0.1) is 11.6 Å². The molecular weight excluding hydrogens is 631 g/mol. The number of halogens is 5. The Morgan fingerprint density at radius 2 is 1.87 bits per heavy atom. The minimum absolute atomic E-state index is 0.0352. The number of nitrogens with zero attached hydrogens (tertiary/aromatic N) is 5. The smallest absolute Gasteiger partial charge is 0.417 e. The number of carbonyl (C=O) groups excluding carboxylic acids is 1. The summed E-state index contributed by atoms with van der Waals surface area (Å²) < 4.78 is 81.4. The molecule has 0 spiro atoms. The zero-order valence-corrected chi connectivity index (χ0v) is 25.2. The van der Waals surface area contributed by atoms with E-state index >= 15 is 4.39 Å². The topological polar surface area (TPSA) is 131 Å². The maximum atomic E-state index is 16.7. The number of aromatic nitrogens is 3. The van der Waals surface area contributed by atoms with Crippen molar-refractivity contribution in [1.82, 2.24) is 30.1 Å². The summed E-state index contributed by atoms with van der Waals surface area (Å²) in [5, 5.41) is 5.81. The number of nitrogen functional groups attached to an aromatic ring is 1. The van der Waals surface area contributed by atoms with E-state index in [1.807, 2.05) is 0 Å². The van der Waals surface area contributed by atoms with E-state index in [1.54, 1.807) is 4.90 Å². The number of benzene rings is 2. The van der Waals surface area contributed by atoms with Crippen LogP contribution in [-0.4, -0.2) is 87.6 Å². The lowest BCUT2D eigenvalue weighted by atomic mass is 9.95. The average molecular weight is 661 g/mol. The minimum atomic E-state index is -5.01. The molecule has 8 rings (SSSR count). The minimum Gasteiger partial charge on any atom is -0.461 e. The Bertz CT molecular complexity index is 1880. The Balaban J connectivity index is 1.25. The number of hydrogen-bond acceptors (Lipinski definition) is 10. The van der Waals surface area contributed by atoms with Crippen molar-refractivity contribution in [3.05, 3.63) is 35.4 Å². The predicted octanol–water partition coefficient (Wildman–Crippen LogP) is 4.39. The van der Waals surface area contributed by atoms with Gasteiger partial charge in [0.2, 0.25) is 5.91 Å². The first kappa shape index (κ1) is 29.5. The van der Waals surface area contributed by atoms with Crippen LogP contribution in [0.3, 0.4) is 0 Å². The van der Waals surface area contributed by atoms with E-state index in [0.717, 1.165) is 68.3 Å². The van der Waals surface area contributed by atoms with Gasteiger partial charge in [0.15, 0.2) is 10.9 Å². The summed E-state index contributed by atoms with van der Waals surface area (Å²) >= 11 is 0.761. The van der Waals surface area contributed by atoms with Gasteiger partial charge in [-0.2, -0.15) is 23.1 Å². The highest BCUT2D eigenvalue weighted by atomic mass is 32.1. The Morgan fingerprint density at radius 3 is 2.57 bits per heavy atom. The van der Waals surface area contributed by atoms with E-state index in [2.05, 4.69) is 30.5 Å². The molecule has 0 radical (unpaired) electrons. The first-order valence-electron chi connectivity index (χ1n) is 15.1. The van der Waals surface area contributed by atoms with Crippen LogP contribution in [-0.2, 0) is 11.0 Å². The number of carbonyl (C=O) groups is 1. The summed E-state index contributed by atoms with van der Waals surface area (Å²) in [6.07, 6.45) is -1.11. The second-order valence-electron chi connectivity index (χ2n) is 12.4. The fourth-order valence-corrected chi connectivity index (χ4v) is 7.88. The molecule has 2 aromatic heterocycles. The third kappa shape index (κ3) is 4.88. The zero-order chi connectivity index (χ0) is 32.0. The van der Waals surface area contributed by atoms with Gasteiger partial charge >= 0.3 is 12.2 Å². The van der Waals surface area contributed by atoms with E-state index in [9.17, 15) is 22.4 Å². The lowest BCUT2D eigenvalue weighted by Gasteiger charge is -2.40. The van der Waals surface area contributed by atoms with Crippen LogP contribution in [0.2, 0.25) is 0 Å². The molecule has 6 heterocycles. The number of nitrogens with one attached hydrogen (secondary N) is 2. The number of hydrogen-bond donors (Lipinski definition) is 3. The van der Waals surface area contributed by atoms with Crippen molar-refractivity contribution >= 4 is 49.3 Å². The number of rotatable bonds is 7. The van der Waals surface area contributed by atoms with Crippen LogP contribution in [0.15, 0.2) is 18.2 Å². The molecule has 4 fully saturated rings. The molecule has 1 amide bonds. The van der Waals surface area contributed by atoms with E-state index in [4.69, 9.17) is 10.5 Å². The zero-order valence-electron chi connectivity index (χ0n) is 24.4. The Hall–Kier alpha value is -3.89. The van der Waals surface area contributed by atoms with Crippen LogP contribution < -0.4 is 21.1 Å². The third-order valence-corrected chi connectivity index (χ3v) is 10.4. The van der Waals surface area contributed by atoms with Crippen molar-refractivity contribution in [2.24, 2.45) is 0 Å². The van der Waals surface area contributed by atoms with Crippen molar-refractivity contribution in [2.75, 3.05) is 50.4 Å². The average Bonchev–Trinajstić information content (AvgIpc) is 3.47. The molecule has 10 nitrogen and oxygen atoms in total. The van der Waals surface area contributed by atoms with E-state index in [-0.39, 0.29) is 68.3 Å². The maximum Gasteiger partial charge on any atom is 0.417 e. The maximum absolute atomic E-state index is 16.7. The van der Waals surface area contributed by atoms with E-state index in [0.29, 0.717) is 19.6 Å². The summed E-state index contributed by atoms with van der Waals surface area (Å²) in [4.78, 5) is 29.2.